The summed E-state index contributed by atoms with van der Waals surface area (Å²) in [6.07, 6.45) is -2.88. The molecule has 0 saturated heterocycles. The van der Waals surface area contributed by atoms with Crippen LogP contribution in [0.3, 0.4) is 0 Å². The van der Waals surface area contributed by atoms with Gasteiger partial charge < -0.3 is 24.8 Å². The lowest BCUT2D eigenvalue weighted by Crippen LogP contribution is -2.57. The maximum absolute atomic E-state index is 13.1. The van der Waals surface area contributed by atoms with Crippen molar-refractivity contribution in [2.24, 2.45) is 0 Å². The summed E-state index contributed by atoms with van der Waals surface area (Å²) in [6.45, 7) is -0.269. The number of ether oxygens (including phenoxy) is 2. The van der Waals surface area contributed by atoms with Crippen molar-refractivity contribution in [2.75, 3.05) is 25.6 Å². The predicted octanol–water partition coefficient (Wildman–Crippen LogP) is 3.17. The number of nitrogens with one attached hydrogen (secondary N) is 1. The Morgan fingerprint density at radius 3 is 2.41 bits per heavy atom. The summed E-state index contributed by atoms with van der Waals surface area (Å²) < 4.78 is 46.8. The molecule has 2 aromatic rings. The first kappa shape index (κ1) is 27.0. The largest absolute Gasteiger partial charge is 0.573 e. The van der Waals surface area contributed by atoms with E-state index in [1.54, 1.807) is 0 Å². The molecule has 3 amide bonds. The number of aliphatic carboxylic acids is 1. The van der Waals surface area contributed by atoms with Gasteiger partial charge in [-0.15, -0.1) is 13.2 Å². The molecule has 3 rings (SSSR count). The van der Waals surface area contributed by atoms with E-state index in [0.29, 0.717) is 11.1 Å². The van der Waals surface area contributed by atoms with Gasteiger partial charge in [0.1, 0.15) is 11.5 Å². The van der Waals surface area contributed by atoms with Gasteiger partial charge in [0.25, 0.3) is 5.91 Å². The molecule has 0 aliphatic carbocycles. The number of alkyl halides is 3. The Morgan fingerprint density at radius 2 is 1.81 bits per heavy atom. The molecule has 0 aromatic heterocycles. The first-order valence-electron chi connectivity index (χ1n) is 10.7. The number of carboxylic acids is 1. The van der Waals surface area contributed by atoms with Gasteiger partial charge in [0.2, 0.25) is 0 Å². The minimum atomic E-state index is -4.87. The summed E-state index contributed by atoms with van der Waals surface area (Å²) in [5.41, 5.74) is 0.800. The number of carboxylic acid groups (broad SMARTS) is 1. The highest BCUT2D eigenvalue weighted by Gasteiger charge is 2.39. The Labute approximate surface area is 208 Å². The number of likely N-dealkylation sites (N-methyl/N-ethyl adjacent to an activating group) is 1. The van der Waals surface area contributed by atoms with E-state index in [1.807, 2.05) is 0 Å². The molecule has 2 N–H and O–H groups in total. The Hall–Kier alpha value is -4.55. The molecular formula is C24H22F3N3O7. The number of carbonyl (C=O) groups excluding carboxylic acids is 3. The van der Waals surface area contributed by atoms with E-state index in [1.165, 1.54) is 50.7 Å². The van der Waals surface area contributed by atoms with Crippen LogP contribution in [0.1, 0.15) is 6.42 Å². The summed E-state index contributed by atoms with van der Waals surface area (Å²) in [4.78, 5) is 51.6. The van der Waals surface area contributed by atoms with Gasteiger partial charge in [0.15, 0.2) is 11.8 Å². The van der Waals surface area contributed by atoms with Crippen molar-refractivity contribution in [1.82, 2.24) is 10.2 Å². The van der Waals surface area contributed by atoms with Gasteiger partial charge in [-0.1, -0.05) is 12.1 Å². The fourth-order valence-electron chi connectivity index (χ4n) is 3.55. The third kappa shape index (κ3) is 6.57. The number of urea groups is 1. The van der Waals surface area contributed by atoms with E-state index in [4.69, 9.17) is 9.84 Å². The zero-order valence-corrected chi connectivity index (χ0v) is 19.6. The Balaban J connectivity index is 2.05. The second-order valence-corrected chi connectivity index (χ2v) is 7.77. The lowest BCUT2D eigenvalue weighted by Gasteiger charge is -2.33. The second-order valence-electron chi connectivity index (χ2n) is 7.77. The van der Waals surface area contributed by atoms with Gasteiger partial charge in [0.05, 0.1) is 13.5 Å². The zero-order valence-electron chi connectivity index (χ0n) is 19.6. The van der Waals surface area contributed by atoms with Crippen LogP contribution in [0.2, 0.25) is 0 Å². The van der Waals surface area contributed by atoms with Gasteiger partial charge in [-0.05, 0) is 35.9 Å². The number of hydrogen-bond donors (Lipinski definition) is 2. The van der Waals surface area contributed by atoms with Gasteiger partial charge in [-0.3, -0.25) is 19.3 Å². The van der Waals surface area contributed by atoms with Crippen molar-refractivity contribution in [2.45, 2.75) is 18.8 Å². The van der Waals surface area contributed by atoms with Crippen LogP contribution in [0.4, 0.5) is 23.7 Å². The number of rotatable bonds is 8. The average Bonchev–Trinajstić information content (AvgIpc) is 2.83. The average molecular weight is 521 g/mol. The number of ketones is 1. The minimum Gasteiger partial charge on any atom is -0.496 e. The predicted molar refractivity (Wildman–Crippen MR) is 124 cm³/mol. The number of hydrogen-bond acceptors (Lipinski definition) is 6. The second kappa shape index (κ2) is 11.0. The fraction of sp³-hybridized carbons (Fsp3) is 0.250. The van der Waals surface area contributed by atoms with E-state index in [2.05, 4.69) is 10.1 Å². The van der Waals surface area contributed by atoms with E-state index < -0.39 is 48.3 Å². The fourth-order valence-corrected chi connectivity index (χ4v) is 3.55. The normalized spacial score (nSPS) is 15.4. The van der Waals surface area contributed by atoms with E-state index in [9.17, 15) is 32.3 Å². The van der Waals surface area contributed by atoms with Gasteiger partial charge in [-0.25, -0.2) is 4.79 Å². The molecule has 0 unspecified atom stereocenters. The third-order valence-electron chi connectivity index (χ3n) is 5.27. The third-order valence-corrected chi connectivity index (χ3v) is 5.27. The maximum Gasteiger partial charge on any atom is 0.573 e. The molecule has 0 fully saturated rings. The molecule has 37 heavy (non-hydrogen) atoms. The molecule has 0 spiro atoms. The zero-order chi connectivity index (χ0) is 27.3. The molecule has 0 radical (unpaired) electrons. The summed E-state index contributed by atoms with van der Waals surface area (Å²) >= 11 is 0. The first-order chi connectivity index (χ1) is 17.4. The summed E-state index contributed by atoms with van der Waals surface area (Å²) in [5.74, 6) is -2.70. The number of nitrogens with zero attached hydrogens (tertiary/aromatic N) is 2. The molecule has 1 aliphatic heterocycles. The van der Waals surface area contributed by atoms with Crippen molar-refractivity contribution in [3.63, 3.8) is 0 Å². The van der Waals surface area contributed by atoms with Gasteiger partial charge in [-0.2, -0.15) is 0 Å². The monoisotopic (exact) mass is 521 g/mol. The summed E-state index contributed by atoms with van der Waals surface area (Å²) in [7, 11) is 2.77. The van der Waals surface area contributed by atoms with Crippen LogP contribution < -0.4 is 19.7 Å². The van der Waals surface area contributed by atoms with Crippen molar-refractivity contribution in [1.29, 1.82) is 0 Å². The highest BCUT2D eigenvalue weighted by Crippen LogP contribution is 2.36. The maximum atomic E-state index is 13.1. The Bertz CT molecular complexity index is 1230. The van der Waals surface area contributed by atoms with Crippen molar-refractivity contribution in [3.8, 4) is 22.6 Å². The van der Waals surface area contributed by atoms with Crippen LogP contribution >= 0.6 is 0 Å². The van der Waals surface area contributed by atoms with Crippen LogP contribution in [-0.4, -0.2) is 66.8 Å². The van der Waals surface area contributed by atoms with Crippen LogP contribution in [0.15, 0.2) is 54.7 Å². The number of amides is 3. The smallest absolute Gasteiger partial charge is 0.496 e. The SMILES string of the molecule is COc1ccc(N(C(=O)NCCC(=O)O)[C@H]2C(=O)C=CN(C)C2=O)cc1-c1ccc(OC(F)(F)F)cc1. The Morgan fingerprint density at radius 1 is 1.14 bits per heavy atom. The van der Waals surface area contributed by atoms with E-state index in [0.717, 1.165) is 28.0 Å². The molecule has 13 heteroatoms. The number of methoxy groups -OCH3 is 1. The minimum absolute atomic E-state index is 0.0784. The molecule has 0 saturated carbocycles. The molecular weight excluding hydrogens is 499 g/mol. The highest BCUT2D eigenvalue weighted by molar-refractivity contribution is 6.19. The number of halogens is 3. The first-order valence-corrected chi connectivity index (χ1v) is 10.7. The van der Waals surface area contributed by atoms with Crippen LogP contribution in [0.25, 0.3) is 11.1 Å². The lowest BCUT2D eigenvalue weighted by molar-refractivity contribution is -0.274. The molecule has 1 heterocycles. The van der Waals surface area contributed by atoms with E-state index >= 15 is 0 Å². The molecule has 2 aromatic carbocycles. The number of carbonyl (C=O) groups is 4. The number of benzene rings is 2. The highest BCUT2D eigenvalue weighted by atomic mass is 19.4. The van der Waals surface area contributed by atoms with E-state index in [-0.39, 0.29) is 18.0 Å². The van der Waals surface area contributed by atoms with Crippen LogP contribution in [0.5, 0.6) is 11.5 Å². The van der Waals surface area contributed by atoms with Gasteiger partial charge in [0, 0.05) is 37.1 Å². The topological polar surface area (TPSA) is 125 Å². The molecule has 10 nitrogen and oxygen atoms in total. The molecule has 0 bridgehead atoms. The lowest BCUT2D eigenvalue weighted by atomic mass is 10.0. The van der Waals surface area contributed by atoms with Crippen LogP contribution in [0, 0.1) is 0 Å². The van der Waals surface area contributed by atoms with Gasteiger partial charge >= 0.3 is 18.4 Å². The van der Waals surface area contributed by atoms with Crippen molar-refractivity contribution >= 4 is 29.4 Å². The van der Waals surface area contributed by atoms with Crippen molar-refractivity contribution in [3.05, 3.63) is 54.7 Å². The molecule has 1 aliphatic rings. The Kier molecular flexibility index (Phi) is 8.05. The summed E-state index contributed by atoms with van der Waals surface area (Å²) in [6, 6.07) is 6.69. The quantitative estimate of drug-likeness (QED) is 0.511. The summed E-state index contributed by atoms with van der Waals surface area (Å²) in [5, 5.41) is 11.3. The standard InChI is InChI=1S/C24H22F3N3O7/c1-29-12-10-18(31)21(22(29)34)30(23(35)28-11-9-20(32)33)15-5-8-19(36-2)17(13-15)14-3-6-16(7-4-14)37-24(25,26)27/h3-8,10,12-13,21H,9,11H2,1-2H3,(H,28,35)(H,32,33)/t21-/m0/s1. The van der Waals surface area contributed by atoms with Crippen molar-refractivity contribution < 1.29 is 46.9 Å². The molecule has 196 valence electrons. The number of anilines is 1. The molecule has 1 atom stereocenters. The van der Waals surface area contributed by atoms with Crippen LogP contribution in [-0.2, 0) is 14.4 Å².